The van der Waals surface area contributed by atoms with Crippen LogP contribution in [0.5, 0.6) is 0 Å². The van der Waals surface area contributed by atoms with Crippen LogP contribution in [-0.4, -0.2) is 45.2 Å². The number of amides is 2. The third-order valence-corrected chi connectivity index (χ3v) is 6.25. The molecule has 1 heterocycles. The van der Waals surface area contributed by atoms with Gasteiger partial charge in [-0.25, -0.2) is 9.59 Å². The van der Waals surface area contributed by atoms with Crippen LogP contribution in [0.15, 0.2) is 0 Å². The van der Waals surface area contributed by atoms with Gasteiger partial charge in [-0.15, -0.1) is 11.8 Å². The SMILES string of the molecule is CC(NC(=O)N1C(C(=O)O)CSC1C1CC1)C1CCC1. The highest BCUT2D eigenvalue weighted by Gasteiger charge is 2.48. The van der Waals surface area contributed by atoms with Crippen molar-refractivity contribution in [1.82, 2.24) is 10.2 Å². The van der Waals surface area contributed by atoms with E-state index < -0.39 is 12.0 Å². The first-order valence-electron chi connectivity index (χ1n) is 7.51. The zero-order chi connectivity index (χ0) is 14.3. The zero-order valence-electron chi connectivity index (χ0n) is 11.7. The van der Waals surface area contributed by atoms with E-state index in [1.165, 1.54) is 19.3 Å². The molecule has 20 heavy (non-hydrogen) atoms. The molecule has 3 atom stereocenters. The molecule has 0 bridgehead atoms. The van der Waals surface area contributed by atoms with E-state index in [1.807, 2.05) is 6.92 Å². The first-order chi connectivity index (χ1) is 9.58. The Labute approximate surface area is 123 Å². The average molecular weight is 298 g/mol. The van der Waals surface area contributed by atoms with Crippen molar-refractivity contribution < 1.29 is 14.7 Å². The number of nitrogens with zero attached hydrogens (tertiary/aromatic N) is 1. The fraction of sp³-hybridized carbons (Fsp3) is 0.857. The molecule has 2 saturated carbocycles. The van der Waals surface area contributed by atoms with Gasteiger partial charge in [0.2, 0.25) is 0 Å². The zero-order valence-corrected chi connectivity index (χ0v) is 12.6. The molecule has 1 aliphatic heterocycles. The summed E-state index contributed by atoms with van der Waals surface area (Å²) >= 11 is 1.63. The van der Waals surface area contributed by atoms with Crippen molar-refractivity contribution in [2.24, 2.45) is 11.8 Å². The van der Waals surface area contributed by atoms with Crippen LogP contribution in [-0.2, 0) is 4.79 Å². The fourth-order valence-corrected chi connectivity index (χ4v) is 4.68. The highest BCUT2D eigenvalue weighted by atomic mass is 32.2. The summed E-state index contributed by atoms with van der Waals surface area (Å²) in [6, 6.07) is -0.700. The number of urea groups is 1. The third-order valence-electron chi connectivity index (χ3n) is 4.79. The van der Waals surface area contributed by atoms with Crippen LogP contribution >= 0.6 is 11.8 Å². The number of thioether (sulfide) groups is 1. The minimum atomic E-state index is -0.882. The second-order valence-corrected chi connectivity index (χ2v) is 7.40. The molecule has 0 aromatic rings. The Balaban J connectivity index is 1.66. The van der Waals surface area contributed by atoms with E-state index in [0.717, 1.165) is 12.8 Å². The summed E-state index contributed by atoms with van der Waals surface area (Å²) in [6.07, 6.45) is 5.82. The molecule has 6 heteroatoms. The van der Waals surface area contributed by atoms with E-state index in [2.05, 4.69) is 5.32 Å². The molecule has 2 amide bonds. The molecule has 0 radical (unpaired) electrons. The van der Waals surface area contributed by atoms with Gasteiger partial charge in [0.05, 0.1) is 5.37 Å². The van der Waals surface area contributed by atoms with E-state index in [1.54, 1.807) is 16.7 Å². The Morgan fingerprint density at radius 2 is 2.00 bits per heavy atom. The van der Waals surface area contributed by atoms with Crippen LogP contribution in [0.3, 0.4) is 0 Å². The fourth-order valence-electron chi connectivity index (χ4n) is 3.05. The quantitative estimate of drug-likeness (QED) is 0.834. The van der Waals surface area contributed by atoms with Crippen LogP contribution in [0, 0.1) is 11.8 Å². The van der Waals surface area contributed by atoms with Gasteiger partial charge in [0, 0.05) is 11.8 Å². The normalized spacial score (nSPS) is 31.8. The molecule has 5 nitrogen and oxygen atoms in total. The molecule has 3 unspecified atom stereocenters. The molecule has 2 aliphatic carbocycles. The summed E-state index contributed by atoms with van der Waals surface area (Å²) < 4.78 is 0. The van der Waals surface area contributed by atoms with E-state index in [0.29, 0.717) is 17.6 Å². The monoisotopic (exact) mass is 298 g/mol. The van der Waals surface area contributed by atoms with Crippen molar-refractivity contribution in [2.45, 2.75) is 56.5 Å². The number of carboxylic acid groups (broad SMARTS) is 1. The molecule has 3 fully saturated rings. The minimum absolute atomic E-state index is 0.0599. The predicted octanol–water partition coefficient (Wildman–Crippen LogP) is 2.12. The molecular weight excluding hydrogens is 276 g/mol. The molecule has 2 N–H and O–H groups in total. The van der Waals surface area contributed by atoms with E-state index >= 15 is 0 Å². The smallest absolute Gasteiger partial charge is 0.327 e. The topological polar surface area (TPSA) is 69.6 Å². The summed E-state index contributed by atoms with van der Waals surface area (Å²) in [7, 11) is 0. The van der Waals surface area contributed by atoms with E-state index in [-0.39, 0.29) is 17.4 Å². The molecule has 3 rings (SSSR count). The van der Waals surface area contributed by atoms with Crippen LogP contribution in [0.2, 0.25) is 0 Å². The van der Waals surface area contributed by atoms with Gasteiger partial charge in [0.25, 0.3) is 0 Å². The molecule has 0 aromatic carbocycles. The highest BCUT2D eigenvalue weighted by molar-refractivity contribution is 8.00. The number of hydrogen-bond acceptors (Lipinski definition) is 3. The molecule has 112 valence electrons. The third kappa shape index (κ3) is 2.62. The standard InChI is InChI=1S/C14H22N2O3S/c1-8(9-3-2-4-9)15-14(19)16-11(13(17)18)7-20-12(16)10-5-6-10/h8-12H,2-7H2,1H3,(H,15,19)(H,17,18). The lowest BCUT2D eigenvalue weighted by atomic mass is 9.80. The minimum Gasteiger partial charge on any atom is -0.480 e. The van der Waals surface area contributed by atoms with Gasteiger partial charge in [-0.1, -0.05) is 6.42 Å². The lowest BCUT2D eigenvalue weighted by Gasteiger charge is -2.35. The lowest BCUT2D eigenvalue weighted by Crippen LogP contribution is -2.54. The number of carboxylic acids is 1. The van der Waals surface area contributed by atoms with Gasteiger partial charge < -0.3 is 10.4 Å². The summed E-state index contributed by atoms with van der Waals surface area (Å²) in [5, 5.41) is 12.4. The number of rotatable bonds is 4. The lowest BCUT2D eigenvalue weighted by molar-refractivity contribution is -0.141. The maximum absolute atomic E-state index is 12.5. The first-order valence-corrected chi connectivity index (χ1v) is 8.56. The first kappa shape index (κ1) is 14.0. The number of hydrogen-bond donors (Lipinski definition) is 2. The predicted molar refractivity (Wildman–Crippen MR) is 77.6 cm³/mol. The molecule has 0 spiro atoms. The number of nitrogens with one attached hydrogen (secondary N) is 1. The maximum Gasteiger partial charge on any atom is 0.327 e. The van der Waals surface area contributed by atoms with Crippen molar-refractivity contribution in [2.75, 3.05) is 5.75 Å². The second kappa shape index (κ2) is 5.47. The summed E-state index contributed by atoms with van der Waals surface area (Å²) in [5.41, 5.74) is 0. The summed E-state index contributed by atoms with van der Waals surface area (Å²) in [5.74, 6) is 0.694. The van der Waals surface area contributed by atoms with Crippen molar-refractivity contribution in [3.8, 4) is 0 Å². The molecule has 0 aromatic heterocycles. The number of carbonyl (C=O) groups excluding carboxylic acids is 1. The molecule has 1 saturated heterocycles. The Morgan fingerprint density at radius 1 is 1.30 bits per heavy atom. The van der Waals surface area contributed by atoms with Crippen LogP contribution in [0.25, 0.3) is 0 Å². The van der Waals surface area contributed by atoms with Crippen LogP contribution in [0.1, 0.15) is 39.0 Å². The van der Waals surface area contributed by atoms with Gasteiger partial charge in [-0.3, -0.25) is 4.90 Å². The average Bonchev–Trinajstić information content (AvgIpc) is 3.04. The Bertz CT molecular complexity index is 409. The second-order valence-electron chi connectivity index (χ2n) is 6.25. The number of aliphatic carboxylic acids is 1. The van der Waals surface area contributed by atoms with E-state index in [9.17, 15) is 14.7 Å². The van der Waals surface area contributed by atoms with Crippen molar-refractivity contribution in [1.29, 1.82) is 0 Å². The van der Waals surface area contributed by atoms with Crippen molar-refractivity contribution in [3.05, 3.63) is 0 Å². The van der Waals surface area contributed by atoms with Gasteiger partial charge in [-0.2, -0.15) is 0 Å². The highest BCUT2D eigenvalue weighted by Crippen LogP contribution is 2.45. The Morgan fingerprint density at radius 3 is 2.50 bits per heavy atom. The number of carbonyl (C=O) groups is 2. The van der Waals surface area contributed by atoms with Crippen LogP contribution in [0.4, 0.5) is 4.79 Å². The largest absolute Gasteiger partial charge is 0.480 e. The van der Waals surface area contributed by atoms with Gasteiger partial charge in [-0.05, 0) is 44.4 Å². The van der Waals surface area contributed by atoms with Crippen molar-refractivity contribution >= 4 is 23.8 Å². The van der Waals surface area contributed by atoms with Crippen molar-refractivity contribution in [3.63, 3.8) is 0 Å². The maximum atomic E-state index is 12.5. The van der Waals surface area contributed by atoms with Crippen LogP contribution < -0.4 is 5.32 Å². The van der Waals surface area contributed by atoms with Gasteiger partial charge in [0.1, 0.15) is 6.04 Å². The summed E-state index contributed by atoms with van der Waals surface area (Å²) in [4.78, 5) is 25.4. The molecule has 3 aliphatic rings. The Kier molecular flexibility index (Phi) is 3.84. The summed E-state index contributed by atoms with van der Waals surface area (Å²) in [6.45, 7) is 2.03. The van der Waals surface area contributed by atoms with E-state index in [4.69, 9.17) is 0 Å². The van der Waals surface area contributed by atoms with Gasteiger partial charge in [0.15, 0.2) is 0 Å². The Hall–Kier alpha value is -0.910. The van der Waals surface area contributed by atoms with Gasteiger partial charge >= 0.3 is 12.0 Å². The molecular formula is C14H22N2O3S.